The predicted octanol–water partition coefficient (Wildman–Crippen LogP) is 3.53. The van der Waals surface area contributed by atoms with Crippen molar-refractivity contribution in [1.29, 1.82) is 5.26 Å². The Morgan fingerprint density at radius 2 is 1.88 bits per heavy atom. The van der Waals surface area contributed by atoms with Crippen molar-refractivity contribution in [3.63, 3.8) is 0 Å². The Bertz CT molecular complexity index is 570. The van der Waals surface area contributed by atoms with Crippen LogP contribution in [0.2, 0.25) is 0 Å². The smallest absolute Gasteiger partial charge is 0.408 e. The second kappa shape index (κ2) is 8.57. The molecule has 3 atom stereocenters. The van der Waals surface area contributed by atoms with Gasteiger partial charge in [0.1, 0.15) is 17.7 Å². The molecule has 144 valence electrons. The summed E-state index contributed by atoms with van der Waals surface area (Å²) in [5, 5.41) is 12.2. The number of rotatable bonds is 4. The zero-order valence-corrected chi connectivity index (χ0v) is 16.2. The number of nitrogens with zero attached hydrogens (tertiary/aromatic N) is 2. The number of hydrogen-bond donors (Lipinski definition) is 1. The first-order chi connectivity index (χ1) is 12.3. The van der Waals surface area contributed by atoms with Crippen molar-refractivity contribution in [3.05, 3.63) is 12.7 Å². The lowest BCUT2D eigenvalue weighted by Gasteiger charge is -2.35. The minimum absolute atomic E-state index is 0.0779. The quantitative estimate of drug-likeness (QED) is 0.777. The number of carbonyl (C=O) groups excluding carboxylic acids is 2. The minimum Gasteiger partial charge on any atom is -0.444 e. The Kier molecular flexibility index (Phi) is 6.69. The van der Waals surface area contributed by atoms with Gasteiger partial charge in [-0.3, -0.25) is 4.79 Å². The number of ether oxygens (including phenoxy) is 1. The highest BCUT2D eigenvalue weighted by Gasteiger charge is 2.42. The summed E-state index contributed by atoms with van der Waals surface area (Å²) in [7, 11) is 0. The van der Waals surface area contributed by atoms with E-state index in [4.69, 9.17) is 4.74 Å². The molecule has 2 amide bonds. The molecule has 0 aromatic rings. The third kappa shape index (κ3) is 5.00. The topological polar surface area (TPSA) is 82.4 Å². The zero-order valence-electron chi connectivity index (χ0n) is 16.2. The second-order valence-electron chi connectivity index (χ2n) is 8.29. The van der Waals surface area contributed by atoms with Crippen molar-refractivity contribution in [1.82, 2.24) is 10.2 Å². The van der Waals surface area contributed by atoms with Gasteiger partial charge in [0.2, 0.25) is 5.91 Å². The average Bonchev–Trinajstić information content (AvgIpc) is 3.01. The Hall–Kier alpha value is -2.03. The van der Waals surface area contributed by atoms with Gasteiger partial charge < -0.3 is 15.0 Å². The fourth-order valence-electron chi connectivity index (χ4n) is 3.96. The van der Waals surface area contributed by atoms with Crippen molar-refractivity contribution >= 4 is 12.0 Å². The summed E-state index contributed by atoms with van der Waals surface area (Å²) in [6.07, 6.45) is 7.58. The maximum Gasteiger partial charge on any atom is 0.408 e. The molecular formula is C20H31N3O3. The molecule has 2 aliphatic rings. The summed E-state index contributed by atoms with van der Waals surface area (Å²) < 4.78 is 5.37. The summed E-state index contributed by atoms with van der Waals surface area (Å²) >= 11 is 0. The third-order valence-electron chi connectivity index (χ3n) is 5.16. The van der Waals surface area contributed by atoms with Gasteiger partial charge in [0.25, 0.3) is 0 Å². The monoisotopic (exact) mass is 361 g/mol. The predicted molar refractivity (Wildman–Crippen MR) is 99.2 cm³/mol. The van der Waals surface area contributed by atoms with Crippen LogP contribution < -0.4 is 5.32 Å². The number of amides is 2. The van der Waals surface area contributed by atoms with E-state index in [0.29, 0.717) is 6.42 Å². The summed E-state index contributed by atoms with van der Waals surface area (Å²) in [5.41, 5.74) is -0.628. The van der Waals surface area contributed by atoms with Gasteiger partial charge in [-0.15, -0.1) is 6.58 Å². The summed E-state index contributed by atoms with van der Waals surface area (Å²) in [5.74, 6) is -0.106. The molecule has 0 aromatic heterocycles. The molecule has 6 nitrogen and oxygen atoms in total. The third-order valence-corrected chi connectivity index (χ3v) is 5.16. The molecule has 0 aromatic carbocycles. The van der Waals surface area contributed by atoms with Crippen LogP contribution in [0.1, 0.15) is 65.7 Å². The average molecular weight is 361 g/mol. The molecule has 1 heterocycles. The number of carbonyl (C=O) groups is 2. The zero-order chi connectivity index (χ0) is 19.3. The standard InChI is InChI=1S/C20H31N3O3/c1-5-15-11-12-16(13-21)23(15)18(24)17(14-9-7-6-8-10-14)22-19(25)26-20(2,3)4/h5,14-17H,1,6-12H2,2-4H3,(H,22,25)/t15-,16-,17?/m0/s1. The van der Waals surface area contributed by atoms with E-state index in [-0.39, 0.29) is 17.9 Å². The number of nitriles is 1. The molecule has 1 N–H and O–H groups in total. The molecule has 0 spiro atoms. The first-order valence-electron chi connectivity index (χ1n) is 9.60. The van der Waals surface area contributed by atoms with Crippen molar-refractivity contribution < 1.29 is 14.3 Å². The normalized spacial score (nSPS) is 25.2. The van der Waals surface area contributed by atoms with Gasteiger partial charge in [0.05, 0.1) is 12.1 Å². The highest BCUT2D eigenvalue weighted by molar-refractivity contribution is 5.87. The van der Waals surface area contributed by atoms with Crippen LogP contribution in [0.3, 0.4) is 0 Å². The van der Waals surface area contributed by atoms with E-state index in [0.717, 1.165) is 38.5 Å². The molecule has 0 bridgehead atoms. The number of hydrogen-bond acceptors (Lipinski definition) is 4. The summed E-state index contributed by atoms with van der Waals surface area (Å²) in [6, 6.07) is 0.956. The van der Waals surface area contributed by atoms with Gasteiger partial charge in [0, 0.05) is 0 Å². The molecule has 2 fully saturated rings. The fraction of sp³-hybridized carbons (Fsp3) is 0.750. The van der Waals surface area contributed by atoms with E-state index in [1.54, 1.807) is 31.7 Å². The van der Waals surface area contributed by atoms with Crippen LogP contribution in [-0.4, -0.2) is 40.6 Å². The van der Waals surface area contributed by atoms with E-state index >= 15 is 0 Å². The Morgan fingerprint density at radius 3 is 2.42 bits per heavy atom. The van der Waals surface area contributed by atoms with Gasteiger partial charge in [0.15, 0.2) is 0 Å². The van der Waals surface area contributed by atoms with Crippen LogP contribution in [-0.2, 0) is 9.53 Å². The van der Waals surface area contributed by atoms with E-state index in [9.17, 15) is 14.9 Å². The SMILES string of the molecule is C=C[C@H]1CC[C@@H](C#N)N1C(=O)C(NC(=O)OC(C)(C)C)C1CCCCC1. The van der Waals surface area contributed by atoms with Gasteiger partial charge in [-0.1, -0.05) is 25.3 Å². The lowest BCUT2D eigenvalue weighted by molar-refractivity contribution is -0.136. The molecule has 1 aliphatic carbocycles. The molecule has 6 heteroatoms. The van der Waals surface area contributed by atoms with E-state index in [1.807, 2.05) is 0 Å². The highest BCUT2D eigenvalue weighted by Crippen LogP contribution is 2.31. The molecule has 0 radical (unpaired) electrons. The van der Waals surface area contributed by atoms with Gasteiger partial charge in [-0.2, -0.15) is 5.26 Å². The van der Waals surface area contributed by atoms with E-state index < -0.39 is 23.8 Å². The van der Waals surface area contributed by atoms with Crippen LogP contribution in [0.4, 0.5) is 4.79 Å². The van der Waals surface area contributed by atoms with E-state index in [1.165, 1.54) is 0 Å². The Balaban J connectivity index is 2.21. The molecule has 1 saturated heterocycles. The molecule has 1 aliphatic heterocycles. The lowest BCUT2D eigenvalue weighted by atomic mass is 9.83. The molecule has 26 heavy (non-hydrogen) atoms. The number of nitrogens with one attached hydrogen (secondary N) is 1. The van der Waals surface area contributed by atoms with Crippen molar-refractivity contribution in [2.75, 3.05) is 0 Å². The van der Waals surface area contributed by atoms with E-state index in [2.05, 4.69) is 18.0 Å². The molecule has 1 saturated carbocycles. The Morgan fingerprint density at radius 1 is 1.23 bits per heavy atom. The van der Waals surface area contributed by atoms with Gasteiger partial charge >= 0.3 is 6.09 Å². The van der Waals surface area contributed by atoms with Crippen LogP contribution in [0.15, 0.2) is 12.7 Å². The summed E-state index contributed by atoms with van der Waals surface area (Å²) in [6.45, 7) is 9.20. The number of likely N-dealkylation sites (tertiary alicyclic amines) is 1. The second-order valence-corrected chi connectivity index (χ2v) is 8.29. The van der Waals surface area contributed by atoms with Crippen LogP contribution in [0.25, 0.3) is 0 Å². The lowest BCUT2D eigenvalue weighted by Crippen LogP contribution is -2.55. The molecular weight excluding hydrogens is 330 g/mol. The maximum absolute atomic E-state index is 13.3. The van der Waals surface area contributed by atoms with Crippen LogP contribution in [0.5, 0.6) is 0 Å². The maximum atomic E-state index is 13.3. The highest BCUT2D eigenvalue weighted by atomic mass is 16.6. The summed E-state index contributed by atoms with van der Waals surface area (Å²) in [4.78, 5) is 27.3. The van der Waals surface area contributed by atoms with Crippen LogP contribution >= 0.6 is 0 Å². The first-order valence-corrected chi connectivity index (χ1v) is 9.60. The van der Waals surface area contributed by atoms with Crippen LogP contribution in [0, 0.1) is 17.2 Å². The van der Waals surface area contributed by atoms with Crippen molar-refractivity contribution in [2.45, 2.75) is 89.4 Å². The van der Waals surface area contributed by atoms with Gasteiger partial charge in [-0.05, 0) is 52.4 Å². The van der Waals surface area contributed by atoms with Crippen molar-refractivity contribution in [3.8, 4) is 6.07 Å². The first kappa shape index (κ1) is 20.3. The number of alkyl carbamates (subject to hydrolysis) is 1. The largest absolute Gasteiger partial charge is 0.444 e. The van der Waals surface area contributed by atoms with Crippen molar-refractivity contribution in [2.24, 2.45) is 5.92 Å². The molecule has 1 unspecified atom stereocenters. The fourth-order valence-corrected chi connectivity index (χ4v) is 3.96. The minimum atomic E-state index is -0.651. The Labute approximate surface area is 156 Å². The van der Waals surface area contributed by atoms with Gasteiger partial charge in [-0.25, -0.2) is 4.79 Å². The molecule has 2 rings (SSSR count).